The highest BCUT2D eigenvalue weighted by atomic mass is 16.3. The first-order chi connectivity index (χ1) is 10.0. The molecule has 1 aromatic rings. The number of ketones is 1. The van der Waals surface area contributed by atoms with Crippen molar-refractivity contribution in [2.45, 2.75) is 40.0 Å². The van der Waals surface area contributed by atoms with Crippen molar-refractivity contribution < 1.29 is 9.90 Å². The van der Waals surface area contributed by atoms with Crippen LogP contribution in [0.3, 0.4) is 0 Å². The van der Waals surface area contributed by atoms with E-state index in [2.05, 4.69) is 24.0 Å². The van der Waals surface area contributed by atoms with Gasteiger partial charge in [-0.15, -0.1) is 0 Å². The smallest absolute Gasteiger partial charge is 0.177 e. The number of carbonyl (C=O) groups is 1. The average molecular weight is 289 g/mol. The second-order valence-corrected chi connectivity index (χ2v) is 6.45. The maximum absolute atomic E-state index is 12.6. The Morgan fingerprint density at radius 3 is 2.57 bits per heavy atom. The molecule has 0 bridgehead atoms. The van der Waals surface area contributed by atoms with Crippen molar-refractivity contribution in [3.05, 3.63) is 34.4 Å². The van der Waals surface area contributed by atoms with E-state index in [-0.39, 0.29) is 12.4 Å². The molecular formula is C18H27NO2. The number of rotatable bonds is 5. The summed E-state index contributed by atoms with van der Waals surface area (Å²) in [6, 6.07) is 4.18. The fraction of sp³-hybridized carbons (Fsp3) is 0.611. The number of aliphatic hydroxyl groups excluding tert-OH is 1. The maximum atomic E-state index is 12.6. The van der Waals surface area contributed by atoms with Crippen molar-refractivity contribution in [3.8, 4) is 0 Å². The van der Waals surface area contributed by atoms with Gasteiger partial charge >= 0.3 is 0 Å². The van der Waals surface area contributed by atoms with Crippen molar-refractivity contribution >= 4 is 5.78 Å². The van der Waals surface area contributed by atoms with Crippen LogP contribution in [0.25, 0.3) is 0 Å². The van der Waals surface area contributed by atoms with E-state index >= 15 is 0 Å². The van der Waals surface area contributed by atoms with Crippen LogP contribution in [0.4, 0.5) is 0 Å². The second kappa shape index (κ2) is 7.19. The van der Waals surface area contributed by atoms with E-state index in [1.807, 2.05) is 13.8 Å². The summed E-state index contributed by atoms with van der Waals surface area (Å²) in [5.41, 5.74) is 4.27. The third kappa shape index (κ3) is 4.14. The molecule has 1 unspecified atom stereocenters. The third-order valence-electron chi connectivity index (χ3n) is 4.46. The van der Waals surface area contributed by atoms with Gasteiger partial charge in [0.05, 0.1) is 6.54 Å². The zero-order valence-corrected chi connectivity index (χ0v) is 13.5. The van der Waals surface area contributed by atoms with E-state index in [0.29, 0.717) is 12.5 Å². The molecule has 0 amide bonds. The van der Waals surface area contributed by atoms with Crippen LogP contribution in [-0.2, 0) is 0 Å². The Morgan fingerprint density at radius 1 is 1.29 bits per heavy atom. The molecule has 1 aliphatic heterocycles. The molecule has 2 rings (SSSR count). The highest BCUT2D eigenvalue weighted by Crippen LogP contribution is 2.21. The summed E-state index contributed by atoms with van der Waals surface area (Å²) in [5.74, 6) is 0.770. The second-order valence-electron chi connectivity index (χ2n) is 6.45. The summed E-state index contributed by atoms with van der Waals surface area (Å²) >= 11 is 0. The molecule has 1 N–H and O–H groups in total. The molecule has 0 aromatic heterocycles. The molecule has 1 fully saturated rings. The van der Waals surface area contributed by atoms with Crippen LogP contribution in [0.15, 0.2) is 12.1 Å². The van der Waals surface area contributed by atoms with E-state index in [0.717, 1.165) is 42.6 Å². The standard InChI is InChI=1S/C18H27NO2/c1-13-9-14(2)18(15(3)10-13)17(21)12-19-7-4-5-16(11-19)6-8-20/h9-10,16,20H,4-8,11-12H2,1-3H3. The molecule has 1 atom stereocenters. The lowest BCUT2D eigenvalue weighted by atomic mass is 9.93. The van der Waals surface area contributed by atoms with Crippen molar-refractivity contribution in [1.29, 1.82) is 0 Å². The monoisotopic (exact) mass is 289 g/mol. The first-order valence-corrected chi connectivity index (χ1v) is 7.95. The number of hydrogen-bond donors (Lipinski definition) is 1. The Bertz CT molecular complexity index is 485. The number of piperidine rings is 1. The van der Waals surface area contributed by atoms with Crippen LogP contribution >= 0.6 is 0 Å². The molecule has 1 saturated heterocycles. The van der Waals surface area contributed by atoms with E-state index in [9.17, 15) is 4.79 Å². The quantitative estimate of drug-likeness (QED) is 0.847. The van der Waals surface area contributed by atoms with Crippen molar-refractivity contribution in [2.75, 3.05) is 26.2 Å². The highest BCUT2D eigenvalue weighted by molar-refractivity contribution is 6.00. The Morgan fingerprint density at radius 2 is 1.95 bits per heavy atom. The van der Waals surface area contributed by atoms with Gasteiger partial charge in [0.1, 0.15) is 0 Å². The molecule has 3 heteroatoms. The first kappa shape index (κ1) is 16.2. The molecule has 21 heavy (non-hydrogen) atoms. The van der Waals surface area contributed by atoms with Gasteiger partial charge in [0.25, 0.3) is 0 Å². The summed E-state index contributed by atoms with van der Waals surface area (Å²) in [7, 11) is 0. The number of Topliss-reactive ketones (excluding diaryl/α,β-unsaturated/α-hetero) is 1. The minimum absolute atomic E-state index is 0.231. The average Bonchev–Trinajstić information content (AvgIpc) is 2.38. The molecule has 1 aliphatic rings. The fourth-order valence-corrected chi connectivity index (χ4v) is 3.62. The van der Waals surface area contributed by atoms with E-state index < -0.39 is 0 Å². The van der Waals surface area contributed by atoms with E-state index in [1.165, 1.54) is 12.0 Å². The van der Waals surface area contributed by atoms with Gasteiger partial charge in [0.2, 0.25) is 0 Å². The summed E-state index contributed by atoms with van der Waals surface area (Å²) < 4.78 is 0. The molecule has 0 spiro atoms. The lowest BCUT2D eigenvalue weighted by Gasteiger charge is -2.32. The number of carbonyl (C=O) groups excluding carboxylic acids is 1. The van der Waals surface area contributed by atoms with Gasteiger partial charge in [-0.05, 0) is 63.6 Å². The first-order valence-electron chi connectivity index (χ1n) is 7.95. The molecule has 1 heterocycles. The number of likely N-dealkylation sites (tertiary alicyclic amines) is 1. The number of nitrogens with zero attached hydrogens (tertiary/aromatic N) is 1. The normalized spacial score (nSPS) is 19.7. The molecule has 0 radical (unpaired) electrons. The third-order valence-corrected chi connectivity index (χ3v) is 4.46. The SMILES string of the molecule is Cc1cc(C)c(C(=O)CN2CCCC(CCO)C2)c(C)c1. The predicted molar refractivity (Wildman–Crippen MR) is 85.9 cm³/mol. The zero-order chi connectivity index (χ0) is 15.4. The van der Waals surface area contributed by atoms with Crippen LogP contribution in [0, 0.1) is 26.7 Å². The maximum Gasteiger partial charge on any atom is 0.177 e. The molecule has 0 saturated carbocycles. The number of benzene rings is 1. The van der Waals surface area contributed by atoms with E-state index in [1.54, 1.807) is 0 Å². The summed E-state index contributed by atoms with van der Waals surface area (Å²) in [4.78, 5) is 14.9. The van der Waals surface area contributed by atoms with Gasteiger partial charge in [0, 0.05) is 18.7 Å². The molecule has 3 nitrogen and oxygen atoms in total. The van der Waals surface area contributed by atoms with Gasteiger partial charge in [-0.25, -0.2) is 0 Å². The number of aliphatic hydroxyl groups is 1. The predicted octanol–water partition coefficient (Wildman–Crippen LogP) is 2.89. The minimum Gasteiger partial charge on any atom is -0.396 e. The number of hydrogen-bond acceptors (Lipinski definition) is 3. The van der Waals surface area contributed by atoms with Gasteiger partial charge in [-0.1, -0.05) is 17.7 Å². The van der Waals surface area contributed by atoms with Crippen LogP contribution in [0.1, 0.15) is 46.3 Å². The van der Waals surface area contributed by atoms with Crippen molar-refractivity contribution in [1.82, 2.24) is 4.90 Å². The van der Waals surface area contributed by atoms with Gasteiger partial charge in [-0.3, -0.25) is 9.69 Å². The van der Waals surface area contributed by atoms with Gasteiger partial charge in [-0.2, -0.15) is 0 Å². The Balaban J connectivity index is 2.04. The molecular weight excluding hydrogens is 262 g/mol. The highest BCUT2D eigenvalue weighted by Gasteiger charge is 2.22. The van der Waals surface area contributed by atoms with Crippen molar-refractivity contribution in [3.63, 3.8) is 0 Å². The lowest BCUT2D eigenvalue weighted by Crippen LogP contribution is -2.39. The molecule has 1 aromatic carbocycles. The van der Waals surface area contributed by atoms with Gasteiger partial charge in [0.15, 0.2) is 5.78 Å². The fourth-order valence-electron chi connectivity index (χ4n) is 3.62. The zero-order valence-electron chi connectivity index (χ0n) is 13.5. The Kier molecular flexibility index (Phi) is 5.54. The topological polar surface area (TPSA) is 40.5 Å². The van der Waals surface area contributed by atoms with Crippen LogP contribution in [0.2, 0.25) is 0 Å². The molecule has 0 aliphatic carbocycles. The molecule has 116 valence electrons. The van der Waals surface area contributed by atoms with E-state index in [4.69, 9.17) is 5.11 Å². The Labute approximate surface area is 128 Å². The Hall–Kier alpha value is -1.19. The van der Waals surface area contributed by atoms with Gasteiger partial charge < -0.3 is 5.11 Å². The summed E-state index contributed by atoms with van der Waals surface area (Å²) in [6.07, 6.45) is 3.16. The van der Waals surface area contributed by atoms with Crippen LogP contribution in [-0.4, -0.2) is 42.0 Å². The van der Waals surface area contributed by atoms with Crippen molar-refractivity contribution in [2.24, 2.45) is 5.92 Å². The van der Waals surface area contributed by atoms with Crippen LogP contribution in [0.5, 0.6) is 0 Å². The largest absolute Gasteiger partial charge is 0.396 e. The summed E-state index contributed by atoms with van der Waals surface area (Å²) in [5, 5.41) is 9.08. The number of aryl methyl sites for hydroxylation is 3. The minimum atomic E-state index is 0.231. The lowest BCUT2D eigenvalue weighted by molar-refractivity contribution is 0.0870. The summed E-state index contributed by atoms with van der Waals surface area (Å²) in [6.45, 7) is 8.82. The van der Waals surface area contributed by atoms with Crippen LogP contribution < -0.4 is 0 Å².